The molecule has 0 aliphatic carbocycles. The molecular weight excluding hydrogens is 458 g/mol. The molecule has 2 aromatic rings. The molecule has 1 aromatic carbocycles. The van der Waals surface area contributed by atoms with Crippen molar-refractivity contribution in [1.82, 2.24) is 14.9 Å². The van der Waals surface area contributed by atoms with E-state index in [0.29, 0.717) is 61.1 Å². The maximum Gasteiger partial charge on any atom is 0.303 e. The number of carboxylic acid groups (broad SMARTS) is 1. The van der Waals surface area contributed by atoms with E-state index in [1.807, 2.05) is 4.90 Å². The highest BCUT2D eigenvalue weighted by Gasteiger charge is 2.31. The van der Waals surface area contributed by atoms with E-state index in [4.69, 9.17) is 19.3 Å². The van der Waals surface area contributed by atoms with E-state index >= 15 is 0 Å². The van der Waals surface area contributed by atoms with Gasteiger partial charge in [0, 0.05) is 50.7 Å². The molecule has 0 radical (unpaired) electrons. The van der Waals surface area contributed by atoms with Crippen LogP contribution in [0.4, 0.5) is 11.8 Å². The van der Waals surface area contributed by atoms with Crippen LogP contribution in [0.3, 0.4) is 0 Å². The van der Waals surface area contributed by atoms with E-state index < -0.39 is 11.9 Å². The number of nitrogens with zero attached hydrogens (tertiary/aromatic N) is 4. The molecule has 2 aliphatic heterocycles. The average Bonchev–Trinajstić information content (AvgIpc) is 3.41. The van der Waals surface area contributed by atoms with Crippen LogP contribution in [0, 0.1) is 0 Å². The lowest BCUT2D eigenvalue weighted by atomic mass is 10.2. The standard InChI is InChI=1S/C23H29N5O7/c1-33-17-12-14-15(13-18(17)34-2)24-23(26-21(14)25-19(29)5-6-20(30)31)28-9-7-27(8-10-28)22(32)16-4-3-11-35-16/h12-13,16H,3-11H2,1-2H3,(H,30,31)(H,24,25,26,29). The van der Waals surface area contributed by atoms with Crippen LogP contribution in [0.2, 0.25) is 0 Å². The molecule has 2 fully saturated rings. The number of methoxy groups -OCH3 is 2. The quantitative estimate of drug-likeness (QED) is 0.559. The number of hydrogen-bond acceptors (Lipinski definition) is 9. The fourth-order valence-corrected chi connectivity index (χ4v) is 4.20. The Bertz CT molecular complexity index is 1110. The summed E-state index contributed by atoms with van der Waals surface area (Å²) in [5, 5.41) is 12.1. The normalized spacial score (nSPS) is 17.9. The zero-order chi connectivity index (χ0) is 24.9. The predicted molar refractivity (Wildman–Crippen MR) is 126 cm³/mol. The van der Waals surface area contributed by atoms with Gasteiger partial charge in [0.05, 0.1) is 26.2 Å². The van der Waals surface area contributed by atoms with E-state index in [1.54, 1.807) is 17.0 Å². The summed E-state index contributed by atoms with van der Waals surface area (Å²) >= 11 is 0. The first-order valence-corrected chi connectivity index (χ1v) is 11.5. The maximum absolute atomic E-state index is 12.7. The molecule has 12 heteroatoms. The summed E-state index contributed by atoms with van der Waals surface area (Å²) < 4.78 is 16.3. The second-order valence-electron chi connectivity index (χ2n) is 8.35. The largest absolute Gasteiger partial charge is 0.493 e. The number of rotatable bonds is 8. The number of benzene rings is 1. The molecule has 0 spiro atoms. The van der Waals surface area contributed by atoms with E-state index in [0.717, 1.165) is 12.8 Å². The fourth-order valence-electron chi connectivity index (χ4n) is 4.20. The van der Waals surface area contributed by atoms with Crippen LogP contribution in [0.1, 0.15) is 25.7 Å². The number of amides is 2. The molecule has 188 valence electrons. The number of aromatic nitrogens is 2. The Morgan fingerprint density at radius 1 is 1.09 bits per heavy atom. The molecule has 3 heterocycles. The van der Waals surface area contributed by atoms with Crippen molar-refractivity contribution < 1.29 is 33.7 Å². The summed E-state index contributed by atoms with van der Waals surface area (Å²) in [5.41, 5.74) is 0.527. The van der Waals surface area contributed by atoms with Crippen LogP contribution < -0.4 is 19.7 Å². The zero-order valence-electron chi connectivity index (χ0n) is 19.8. The summed E-state index contributed by atoms with van der Waals surface area (Å²) in [4.78, 5) is 48.9. The van der Waals surface area contributed by atoms with Crippen molar-refractivity contribution in [1.29, 1.82) is 0 Å². The Morgan fingerprint density at radius 2 is 1.80 bits per heavy atom. The number of aliphatic carboxylic acids is 1. The van der Waals surface area contributed by atoms with Gasteiger partial charge >= 0.3 is 5.97 Å². The third-order valence-corrected chi connectivity index (χ3v) is 6.09. The number of hydrogen-bond donors (Lipinski definition) is 2. The van der Waals surface area contributed by atoms with Crippen LogP contribution in [0.5, 0.6) is 11.5 Å². The lowest BCUT2D eigenvalue weighted by Crippen LogP contribution is -2.51. The number of carbonyl (C=O) groups excluding carboxylic acids is 2. The van der Waals surface area contributed by atoms with Crippen molar-refractivity contribution in [3.63, 3.8) is 0 Å². The summed E-state index contributed by atoms with van der Waals surface area (Å²) in [7, 11) is 3.02. The van der Waals surface area contributed by atoms with E-state index in [9.17, 15) is 14.4 Å². The molecule has 0 saturated carbocycles. The molecule has 2 saturated heterocycles. The van der Waals surface area contributed by atoms with Crippen LogP contribution >= 0.6 is 0 Å². The highest BCUT2D eigenvalue weighted by atomic mass is 16.5. The van der Waals surface area contributed by atoms with Crippen molar-refractivity contribution in [2.75, 3.05) is 57.2 Å². The van der Waals surface area contributed by atoms with E-state index in [1.165, 1.54) is 14.2 Å². The average molecular weight is 488 g/mol. The number of ether oxygens (including phenoxy) is 3. The SMILES string of the molecule is COc1cc2nc(N3CCN(C(=O)C4CCCO4)CC3)nc(NC(=O)CCC(=O)O)c2cc1OC. The van der Waals surface area contributed by atoms with Gasteiger partial charge in [-0.05, 0) is 18.9 Å². The summed E-state index contributed by atoms with van der Waals surface area (Å²) in [6.45, 7) is 2.67. The van der Waals surface area contributed by atoms with Gasteiger partial charge in [-0.2, -0.15) is 4.98 Å². The Morgan fingerprint density at radius 3 is 2.43 bits per heavy atom. The molecule has 4 rings (SSSR count). The van der Waals surface area contributed by atoms with E-state index in [-0.39, 0.29) is 30.7 Å². The van der Waals surface area contributed by atoms with Gasteiger partial charge in [-0.3, -0.25) is 14.4 Å². The van der Waals surface area contributed by atoms with Gasteiger partial charge in [0.1, 0.15) is 11.9 Å². The Hall–Kier alpha value is -3.67. The lowest BCUT2D eigenvalue weighted by Gasteiger charge is -2.35. The summed E-state index contributed by atoms with van der Waals surface area (Å²) in [6, 6.07) is 3.37. The second-order valence-corrected chi connectivity index (χ2v) is 8.35. The van der Waals surface area contributed by atoms with Gasteiger partial charge in [0.15, 0.2) is 11.5 Å². The number of fused-ring (bicyclic) bond motifs is 1. The Labute approximate surface area is 202 Å². The van der Waals surface area contributed by atoms with Gasteiger partial charge < -0.3 is 34.4 Å². The predicted octanol–water partition coefficient (Wildman–Crippen LogP) is 1.28. The molecule has 2 N–H and O–H groups in total. The first-order chi connectivity index (χ1) is 16.9. The highest BCUT2D eigenvalue weighted by molar-refractivity contribution is 6.01. The van der Waals surface area contributed by atoms with Crippen LogP contribution in [-0.4, -0.2) is 90.9 Å². The van der Waals surface area contributed by atoms with Crippen LogP contribution in [0.25, 0.3) is 10.9 Å². The number of anilines is 2. The second kappa shape index (κ2) is 10.7. The Kier molecular flexibility index (Phi) is 7.49. The van der Waals surface area contributed by atoms with Crippen molar-refractivity contribution in [2.45, 2.75) is 31.8 Å². The smallest absolute Gasteiger partial charge is 0.303 e. The molecule has 1 unspecified atom stereocenters. The number of carboxylic acids is 1. The van der Waals surface area contributed by atoms with Crippen LogP contribution in [0.15, 0.2) is 12.1 Å². The van der Waals surface area contributed by atoms with Crippen molar-refractivity contribution in [3.8, 4) is 11.5 Å². The minimum atomic E-state index is -1.06. The topological polar surface area (TPSA) is 143 Å². The van der Waals surface area contributed by atoms with Crippen molar-refractivity contribution in [3.05, 3.63) is 12.1 Å². The number of nitrogens with one attached hydrogen (secondary N) is 1. The summed E-state index contributed by atoms with van der Waals surface area (Å²) in [5.74, 6) is 0.0419. The third-order valence-electron chi connectivity index (χ3n) is 6.09. The molecule has 0 bridgehead atoms. The molecule has 1 aromatic heterocycles. The van der Waals surface area contributed by atoms with Gasteiger partial charge in [-0.15, -0.1) is 0 Å². The Balaban J connectivity index is 1.59. The zero-order valence-corrected chi connectivity index (χ0v) is 19.8. The first kappa shape index (κ1) is 24.5. The molecule has 2 amide bonds. The minimum Gasteiger partial charge on any atom is -0.493 e. The third kappa shape index (κ3) is 5.53. The first-order valence-electron chi connectivity index (χ1n) is 11.5. The van der Waals surface area contributed by atoms with Crippen molar-refractivity contribution >= 4 is 40.5 Å². The maximum atomic E-state index is 12.7. The molecule has 35 heavy (non-hydrogen) atoms. The van der Waals surface area contributed by atoms with Gasteiger partial charge in [-0.1, -0.05) is 0 Å². The molecule has 1 atom stereocenters. The minimum absolute atomic E-state index is 0.0183. The van der Waals surface area contributed by atoms with Gasteiger partial charge in [-0.25, -0.2) is 4.98 Å². The van der Waals surface area contributed by atoms with E-state index in [2.05, 4.69) is 15.3 Å². The van der Waals surface area contributed by atoms with Crippen LogP contribution in [-0.2, 0) is 19.1 Å². The number of piperazine rings is 1. The highest BCUT2D eigenvalue weighted by Crippen LogP contribution is 2.35. The van der Waals surface area contributed by atoms with Gasteiger partial charge in [0.2, 0.25) is 11.9 Å². The summed E-state index contributed by atoms with van der Waals surface area (Å²) in [6.07, 6.45) is 0.820. The number of carbonyl (C=O) groups is 3. The fraction of sp³-hybridized carbons (Fsp3) is 0.522. The monoisotopic (exact) mass is 487 g/mol. The van der Waals surface area contributed by atoms with Gasteiger partial charge in [0.25, 0.3) is 5.91 Å². The van der Waals surface area contributed by atoms with Crippen molar-refractivity contribution in [2.24, 2.45) is 0 Å². The molecule has 2 aliphatic rings. The lowest BCUT2D eigenvalue weighted by molar-refractivity contribution is -0.141. The molecule has 12 nitrogen and oxygen atoms in total. The molecular formula is C23H29N5O7.